The number of carbonyl (C=O) groups is 2. The van der Waals surface area contributed by atoms with E-state index in [2.05, 4.69) is 24.1 Å². The van der Waals surface area contributed by atoms with E-state index in [4.69, 9.17) is 9.73 Å². The summed E-state index contributed by atoms with van der Waals surface area (Å²) in [5.74, 6) is 0.363. The van der Waals surface area contributed by atoms with E-state index in [-0.39, 0.29) is 23.7 Å². The molecule has 1 aliphatic heterocycles. The molecule has 4 aromatic rings. The molecule has 1 aliphatic rings. The number of ether oxygens (including phenoxy) is 1. The van der Waals surface area contributed by atoms with E-state index in [0.29, 0.717) is 16.8 Å². The number of aliphatic imine (C=N–C) groups is 1. The molecule has 0 radical (unpaired) electrons. The number of amides is 1. The monoisotopic (exact) mass is 477 g/mol. The largest absolute Gasteiger partial charge is 0.497 e. The molecular weight excluding hydrogens is 450 g/mol. The smallest absolute Gasteiger partial charge is 0.255 e. The molecule has 0 unspecified atom stereocenters. The lowest BCUT2D eigenvalue weighted by atomic mass is 9.85. The summed E-state index contributed by atoms with van der Waals surface area (Å²) in [6.45, 7) is 4.14. The van der Waals surface area contributed by atoms with Crippen molar-refractivity contribution in [2.75, 3.05) is 12.4 Å². The van der Waals surface area contributed by atoms with Crippen molar-refractivity contribution in [2.45, 2.75) is 32.2 Å². The zero-order chi connectivity index (χ0) is 25.3. The van der Waals surface area contributed by atoms with Gasteiger partial charge in [0.15, 0.2) is 5.78 Å². The minimum atomic E-state index is -0.297. The highest BCUT2D eigenvalue weighted by Crippen LogP contribution is 2.31. The van der Waals surface area contributed by atoms with Gasteiger partial charge in [-0.15, -0.1) is 0 Å². The number of pyridine rings is 1. The number of carbonyl (C=O) groups excluding carboxylic acids is 2. The zero-order valence-electron chi connectivity index (χ0n) is 20.5. The number of fused-ring (bicyclic) bond motifs is 2. The quantitative estimate of drug-likeness (QED) is 0.351. The van der Waals surface area contributed by atoms with Crippen LogP contribution in [0.3, 0.4) is 0 Å². The topological polar surface area (TPSA) is 80.7 Å². The molecule has 0 saturated carbocycles. The number of benzene rings is 3. The van der Waals surface area contributed by atoms with Crippen molar-refractivity contribution >= 4 is 34.0 Å². The fraction of sp³-hybridized carbons (Fsp3) is 0.200. The third-order valence-corrected chi connectivity index (χ3v) is 6.32. The predicted molar refractivity (Wildman–Crippen MR) is 142 cm³/mol. The maximum atomic E-state index is 13.3. The summed E-state index contributed by atoms with van der Waals surface area (Å²) in [5.41, 5.74) is 4.95. The first-order valence-corrected chi connectivity index (χ1v) is 11.9. The van der Waals surface area contributed by atoms with E-state index >= 15 is 0 Å². The first-order valence-electron chi connectivity index (χ1n) is 11.9. The molecule has 180 valence electrons. The van der Waals surface area contributed by atoms with Gasteiger partial charge >= 0.3 is 0 Å². The van der Waals surface area contributed by atoms with Crippen LogP contribution in [-0.4, -0.2) is 35.0 Å². The summed E-state index contributed by atoms with van der Waals surface area (Å²) < 4.78 is 5.40. The van der Waals surface area contributed by atoms with Crippen LogP contribution in [0.4, 0.5) is 5.69 Å². The maximum Gasteiger partial charge on any atom is 0.255 e. The Morgan fingerprint density at radius 3 is 2.64 bits per heavy atom. The molecule has 0 saturated heterocycles. The van der Waals surface area contributed by atoms with Crippen LogP contribution in [0.1, 0.15) is 52.1 Å². The Kier molecular flexibility index (Phi) is 6.10. The normalized spacial score (nSPS) is 14.0. The second kappa shape index (κ2) is 9.38. The summed E-state index contributed by atoms with van der Waals surface area (Å²) >= 11 is 0. The number of hydrogen-bond acceptors (Lipinski definition) is 5. The SMILES string of the molecule is COc1ccc2c(c1)C(CC(=O)c1cccc(C(=O)Nc3ccc4ncccc4c3)c1)=NC(C)(C)C2. The van der Waals surface area contributed by atoms with Gasteiger partial charge in [0.1, 0.15) is 5.75 Å². The second-order valence-electron chi connectivity index (χ2n) is 9.62. The van der Waals surface area contributed by atoms with Crippen LogP contribution in [0.2, 0.25) is 0 Å². The van der Waals surface area contributed by atoms with Crippen molar-refractivity contribution in [3.8, 4) is 5.75 Å². The molecule has 0 fully saturated rings. The van der Waals surface area contributed by atoms with Gasteiger partial charge in [0, 0.05) is 34.0 Å². The molecular formula is C30H27N3O3. The Morgan fingerprint density at radius 1 is 0.972 bits per heavy atom. The first kappa shape index (κ1) is 23.4. The van der Waals surface area contributed by atoms with Crippen molar-refractivity contribution < 1.29 is 14.3 Å². The number of rotatable bonds is 6. The van der Waals surface area contributed by atoms with Crippen LogP contribution in [0, 0.1) is 0 Å². The van der Waals surface area contributed by atoms with Gasteiger partial charge in [-0.3, -0.25) is 19.6 Å². The highest BCUT2D eigenvalue weighted by molar-refractivity contribution is 6.17. The first-order chi connectivity index (χ1) is 17.3. The number of ketones is 1. The number of hydrogen-bond donors (Lipinski definition) is 1. The number of nitrogens with one attached hydrogen (secondary N) is 1. The van der Waals surface area contributed by atoms with Gasteiger partial charge < -0.3 is 10.1 Å². The number of Topliss-reactive ketones (excluding diaryl/α,β-unsaturated/α-hetero) is 1. The summed E-state index contributed by atoms with van der Waals surface area (Å²) in [4.78, 5) is 35.5. The van der Waals surface area contributed by atoms with E-state index in [1.807, 2.05) is 48.5 Å². The maximum absolute atomic E-state index is 13.3. The molecule has 6 heteroatoms. The number of aromatic nitrogens is 1. The lowest BCUT2D eigenvalue weighted by Crippen LogP contribution is -2.30. The minimum Gasteiger partial charge on any atom is -0.497 e. The van der Waals surface area contributed by atoms with Gasteiger partial charge in [-0.2, -0.15) is 0 Å². The Labute approximate surface area is 210 Å². The van der Waals surface area contributed by atoms with Crippen molar-refractivity contribution in [3.05, 3.63) is 101 Å². The number of methoxy groups -OCH3 is 1. The number of nitrogens with zero attached hydrogens (tertiary/aromatic N) is 2. The van der Waals surface area contributed by atoms with E-state index in [0.717, 1.165) is 39.9 Å². The van der Waals surface area contributed by atoms with Gasteiger partial charge in [-0.1, -0.05) is 24.3 Å². The summed E-state index contributed by atoms with van der Waals surface area (Å²) in [5, 5.41) is 3.86. The number of anilines is 1. The predicted octanol–water partition coefficient (Wildman–Crippen LogP) is 5.89. The third kappa shape index (κ3) is 4.89. The van der Waals surface area contributed by atoms with E-state index in [9.17, 15) is 9.59 Å². The van der Waals surface area contributed by atoms with E-state index in [1.54, 1.807) is 37.6 Å². The summed E-state index contributed by atoms with van der Waals surface area (Å²) in [6.07, 6.45) is 2.68. The molecule has 36 heavy (non-hydrogen) atoms. The highest BCUT2D eigenvalue weighted by atomic mass is 16.5. The van der Waals surface area contributed by atoms with Crippen LogP contribution in [0.25, 0.3) is 10.9 Å². The van der Waals surface area contributed by atoms with Gasteiger partial charge in [-0.05, 0) is 74.4 Å². The second-order valence-corrected chi connectivity index (χ2v) is 9.62. The minimum absolute atomic E-state index is 0.0911. The van der Waals surface area contributed by atoms with Crippen LogP contribution in [0.5, 0.6) is 5.75 Å². The summed E-state index contributed by atoms with van der Waals surface area (Å²) in [7, 11) is 1.63. The van der Waals surface area contributed by atoms with Crippen LogP contribution >= 0.6 is 0 Å². The molecule has 2 heterocycles. The average Bonchev–Trinajstić information content (AvgIpc) is 2.88. The Morgan fingerprint density at radius 2 is 1.81 bits per heavy atom. The van der Waals surface area contributed by atoms with Crippen molar-refractivity contribution in [3.63, 3.8) is 0 Å². The van der Waals surface area contributed by atoms with Gasteiger partial charge in [0.05, 0.1) is 30.3 Å². The highest BCUT2D eigenvalue weighted by Gasteiger charge is 2.28. The third-order valence-electron chi connectivity index (χ3n) is 6.32. The Bertz CT molecular complexity index is 1520. The average molecular weight is 478 g/mol. The van der Waals surface area contributed by atoms with E-state index < -0.39 is 0 Å². The molecule has 5 rings (SSSR count). The van der Waals surface area contributed by atoms with Crippen molar-refractivity contribution in [1.82, 2.24) is 4.98 Å². The van der Waals surface area contributed by atoms with Crippen LogP contribution in [0.15, 0.2) is 84.0 Å². The molecule has 0 spiro atoms. The Hall–Kier alpha value is -4.32. The Balaban J connectivity index is 1.36. The summed E-state index contributed by atoms with van der Waals surface area (Å²) in [6, 6.07) is 22.1. The molecule has 1 amide bonds. The van der Waals surface area contributed by atoms with Crippen LogP contribution in [-0.2, 0) is 6.42 Å². The van der Waals surface area contributed by atoms with Crippen molar-refractivity contribution in [1.29, 1.82) is 0 Å². The van der Waals surface area contributed by atoms with Crippen LogP contribution < -0.4 is 10.1 Å². The lowest BCUT2D eigenvalue weighted by Gasteiger charge is -2.29. The fourth-order valence-corrected chi connectivity index (χ4v) is 4.62. The molecule has 1 N–H and O–H groups in total. The van der Waals surface area contributed by atoms with Gasteiger partial charge in [0.25, 0.3) is 5.91 Å². The van der Waals surface area contributed by atoms with Gasteiger partial charge in [0.2, 0.25) is 0 Å². The molecule has 0 bridgehead atoms. The van der Waals surface area contributed by atoms with Crippen molar-refractivity contribution in [2.24, 2.45) is 4.99 Å². The lowest BCUT2D eigenvalue weighted by molar-refractivity contribution is 0.100. The van der Waals surface area contributed by atoms with E-state index in [1.165, 1.54) is 0 Å². The molecule has 3 aromatic carbocycles. The van der Waals surface area contributed by atoms with Gasteiger partial charge in [-0.25, -0.2) is 0 Å². The molecule has 6 nitrogen and oxygen atoms in total. The molecule has 1 aromatic heterocycles. The standard InChI is InChI=1S/C30H27N3O3/c1-30(2)18-22-9-11-24(36-3)16-25(22)27(33-30)17-28(34)20-6-4-7-21(14-20)29(35)32-23-10-12-26-19(15-23)8-5-13-31-26/h4-16H,17-18H2,1-3H3,(H,32,35). The molecule has 0 aliphatic carbocycles. The fourth-order valence-electron chi connectivity index (χ4n) is 4.62. The molecule has 0 atom stereocenters. The zero-order valence-corrected chi connectivity index (χ0v) is 20.5.